The van der Waals surface area contributed by atoms with Crippen molar-refractivity contribution in [3.05, 3.63) is 89.7 Å². The van der Waals surface area contributed by atoms with Crippen LogP contribution in [0, 0.1) is 13.8 Å². The quantitative estimate of drug-likeness (QED) is 0.524. The molecule has 0 bridgehead atoms. The zero-order valence-corrected chi connectivity index (χ0v) is 17.1. The van der Waals surface area contributed by atoms with Crippen LogP contribution >= 0.6 is 0 Å². The number of aryl methyl sites for hydroxylation is 2. The van der Waals surface area contributed by atoms with E-state index in [-0.39, 0.29) is 11.7 Å². The van der Waals surface area contributed by atoms with Gasteiger partial charge in [0.1, 0.15) is 5.75 Å². The summed E-state index contributed by atoms with van der Waals surface area (Å²) >= 11 is 0. The van der Waals surface area contributed by atoms with E-state index in [4.69, 9.17) is 4.74 Å². The number of nitrogens with one attached hydrogen (secondary N) is 1. The third kappa shape index (κ3) is 3.93. The fourth-order valence-electron chi connectivity index (χ4n) is 3.24. The highest BCUT2D eigenvalue weighted by atomic mass is 16.5. The van der Waals surface area contributed by atoms with E-state index in [2.05, 4.69) is 15.4 Å². The standard InChI is InChI=1S/C24H22N4O2/c1-16-8-6-10-18(14-16)23-26-22(27-28(23)21-13-5-4-9-17(21)2)24(29)25-19-11-7-12-20(15-19)30-3/h4-15H,1-3H3,(H,25,29). The van der Waals surface area contributed by atoms with Gasteiger partial charge in [-0.2, -0.15) is 0 Å². The van der Waals surface area contributed by atoms with E-state index in [1.54, 1.807) is 23.9 Å². The topological polar surface area (TPSA) is 69.0 Å². The Kier molecular flexibility index (Phi) is 5.30. The summed E-state index contributed by atoms with van der Waals surface area (Å²) in [5.74, 6) is 0.984. The van der Waals surface area contributed by atoms with Crippen LogP contribution in [0.5, 0.6) is 5.75 Å². The first-order valence-corrected chi connectivity index (χ1v) is 9.60. The monoisotopic (exact) mass is 398 g/mol. The average molecular weight is 398 g/mol. The second-order valence-corrected chi connectivity index (χ2v) is 7.01. The second kappa shape index (κ2) is 8.21. The molecule has 1 aromatic heterocycles. The Morgan fingerprint density at radius 2 is 1.77 bits per heavy atom. The lowest BCUT2D eigenvalue weighted by Gasteiger charge is -2.09. The van der Waals surface area contributed by atoms with Gasteiger partial charge in [0.25, 0.3) is 5.91 Å². The van der Waals surface area contributed by atoms with Crippen LogP contribution in [0.2, 0.25) is 0 Å². The van der Waals surface area contributed by atoms with Gasteiger partial charge in [-0.25, -0.2) is 9.67 Å². The van der Waals surface area contributed by atoms with Crippen LogP contribution in [0.4, 0.5) is 5.69 Å². The maximum Gasteiger partial charge on any atom is 0.295 e. The summed E-state index contributed by atoms with van der Waals surface area (Å²) in [5.41, 5.74) is 4.53. The molecule has 1 heterocycles. The molecule has 3 aromatic carbocycles. The maximum atomic E-state index is 12.9. The van der Waals surface area contributed by atoms with Gasteiger partial charge in [0.15, 0.2) is 5.82 Å². The molecule has 0 aliphatic carbocycles. The molecule has 4 aromatic rings. The molecule has 0 radical (unpaired) electrons. The summed E-state index contributed by atoms with van der Waals surface area (Å²) in [6, 6.07) is 23.0. The number of rotatable bonds is 5. The molecule has 6 heteroatoms. The molecule has 4 rings (SSSR count). The van der Waals surface area contributed by atoms with Crippen molar-refractivity contribution in [2.45, 2.75) is 13.8 Å². The highest BCUT2D eigenvalue weighted by Crippen LogP contribution is 2.24. The van der Waals surface area contributed by atoms with Gasteiger partial charge in [-0.15, -0.1) is 5.10 Å². The van der Waals surface area contributed by atoms with Crippen LogP contribution in [0.3, 0.4) is 0 Å². The van der Waals surface area contributed by atoms with Crippen molar-refractivity contribution in [3.63, 3.8) is 0 Å². The summed E-state index contributed by atoms with van der Waals surface area (Å²) < 4.78 is 6.95. The molecule has 150 valence electrons. The molecule has 0 aliphatic heterocycles. The van der Waals surface area contributed by atoms with Crippen molar-refractivity contribution >= 4 is 11.6 Å². The van der Waals surface area contributed by atoms with E-state index in [0.29, 0.717) is 17.3 Å². The first-order chi connectivity index (χ1) is 14.5. The van der Waals surface area contributed by atoms with E-state index >= 15 is 0 Å². The number of ether oxygens (including phenoxy) is 1. The van der Waals surface area contributed by atoms with E-state index in [1.807, 2.05) is 74.5 Å². The van der Waals surface area contributed by atoms with Crippen LogP contribution in [-0.2, 0) is 0 Å². The van der Waals surface area contributed by atoms with Crippen LogP contribution in [0.1, 0.15) is 21.7 Å². The highest BCUT2D eigenvalue weighted by Gasteiger charge is 2.20. The van der Waals surface area contributed by atoms with E-state index in [0.717, 1.165) is 22.4 Å². The number of carbonyl (C=O) groups excluding carboxylic acids is 1. The van der Waals surface area contributed by atoms with Crippen LogP contribution < -0.4 is 10.1 Å². The number of hydrogen-bond donors (Lipinski definition) is 1. The van der Waals surface area contributed by atoms with Gasteiger partial charge in [-0.1, -0.05) is 48.0 Å². The number of amides is 1. The lowest BCUT2D eigenvalue weighted by atomic mass is 10.1. The zero-order chi connectivity index (χ0) is 21.1. The number of aromatic nitrogens is 3. The molecule has 0 atom stereocenters. The van der Waals surface area contributed by atoms with Crippen molar-refractivity contribution in [3.8, 4) is 22.8 Å². The van der Waals surface area contributed by atoms with Crippen molar-refractivity contribution in [2.75, 3.05) is 12.4 Å². The predicted molar refractivity (Wildman–Crippen MR) is 117 cm³/mol. The Hall–Kier alpha value is -3.93. The molecule has 0 saturated carbocycles. The molecule has 1 N–H and O–H groups in total. The summed E-state index contributed by atoms with van der Waals surface area (Å²) in [6.45, 7) is 4.03. The maximum absolute atomic E-state index is 12.9. The molecule has 0 spiro atoms. The minimum Gasteiger partial charge on any atom is -0.497 e. The van der Waals surface area contributed by atoms with E-state index < -0.39 is 0 Å². The van der Waals surface area contributed by atoms with Gasteiger partial charge in [-0.05, 0) is 43.7 Å². The lowest BCUT2D eigenvalue weighted by Crippen LogP contribution is -2.14. The Labute approximate surface area is 175 Å². The largest absolute Gasteiger partial charge is 0.497 e. The number of para-hydroxylation sites is 1. The van der Waals surface area contributed by atoms with Gasteiger partial charge in [-0.3, -0.25) is 4.79 Å². The van der Waals surface area contributed by atoms with Gasteiger partial charge < -0.3 is 10.1 Å². The molecule has 30 heavy (non-hydrogen) atoms. The second-order valence-electron chi connectivity index (χ2n) is 7.01. The fourth-order valence-corrected chi connectivity index (χ4v) is 3.24. The molecular formula is C24H22N4O2. The molecule has 0 saturated heterocycles. The average Bonchev–Trinajstić information content (AvgIpc) is 3.20. The molecule has 0 aliphatic rings. The summed E-state index contributed by atoms with van der Waals surface area (Å²) in [7, 11) is 1.58. The SMILES string of the molecule is COc1cccc(NC(=O)c2nc(-c3cccc(C)c3)n(-c3ccccc3C)n2)c1. The number of methoxy groups -OCH3 is 1. The lowest BCUT2D eigenvalue weighted by molar-refractivity contribution is 0.101. The third-order valence-corrected chi connectivity index (χ3v) is 4.76. The Morgan fingerprint density at radius 3 is 2.53 bits per heavy atom. The van der Waals surface area contributed by atoms with Crippen LogP contribution in [0.15, 0.2) is 72.8 Å². The number of nitrogens with zero attached hydrogens (tertiary/aromatic N) is 3. The van der Waals surface area contributed by atoms with Gasteiger partial charge in [0, 0.05) is 17.3 Å². The van der Waals surface area contributed by atoms with Crippen molar-refractivity contribution in [2.24, 2.45) is 0 Å². The van der Waals surface area contributed by atoms with Crippen molar-refractivity contribution in [1.82, 2.24) is 14.8 Å². The van der Waals surface area contributed by atoms with Crippen molar-refractivity contribution < 1.29 is 9.53 Å². The molecule has 0 unspecified atom stereocenters. The Balaban J connectivity index is 1.77. The molecule has 0 fully saturated rings. The zero-order valence-electron chi connectivity index (χ0n) is 17.1. The summed E-state index contributed by atoms with van der Waals surface area (Å²) in [6.07, 6.45) is 0. The van der Waals surface area contributed by atoms with E-state index in [9.17, 15) is 4.79 Å². The van der Waals surface area contributed by atoms with Crippen LogP contribution in [0.25, 0.3) is 17.1 Å². The van der Waals surface area contributed by atoms with E-state index in [1.165, 1.54) is 0 Å². The predicted octanol–water partition coefficient (Wildman–Crippen LogP) is 4.81. The Morgan fingerprint density at radius 1 is 0.967 bits per heavy atom. The van der Waals surface area contributed by atoms with Crippen molar-refractivity contribution in [1.29, 1.82) is 0 Å². The minimum atomic E-state index is -0.385. The summed E-state index contributed by atoms with van der Waals surface area (Å²) in [4.78, 5) is 17.5. The first kappa shape index (κ1) is 19.4. The third-order valence-electron chi connectivity index (χ3n) is 4.76. The number of anilines is 1. The minimum absolute atomic E-state index is 0.0950. The smallest absolute Gasteiger partial charge is 0.295 e. The van der Waals surface area contributed by atoms with Gasteiger partial charge >= 0.3 is 0 Å². The fraction of sp³-hybridized carbons (Fsp3) is 0.125. The normalized spacial score (nSPS) is 10.6. The Bertz CT molecular complexity index is 1210. The number of benzene rings is 3. The molecule has 6 nitrogen and oxygen atoms in total. The molecule has 1 amide bonds. The first-order valence-electron chi connectivity index (χ1n) is 9.60. The number of carbonyl (C=O) groups is 1. The highest BCUT2D eigenvalue weighted by molar-refractivity contribution is 6.02. The van der Waals surface area contributed by atoms with Gasteiger partial charge in [0.05, 0.1) is 12.8 Å². The van der Waals surface area contributed by atoms with Gasteiger partial charge in [0.2, 0.25) is 5.82 Å². The van der Waals surface area contributed by atoms with Crippen LogP contribution in [-0.4, -0.2) is 27.8 Å². The molecular weight excluding hydrogens is 376 g/mol. The number of hydrogen-bond acceptors (Lipinski definition) is 4. The summed E-state index contributed by atoms with van der Waals surface area (Å²) in [5, 5.41) is 7.39.